The summed E-state index contributed by atoms with van der Waals surface area (Å²) in [6.07, 6.45) is 1.35. The van der Waals surface area contributed by atoms with E-state index in [0.29, 0.717) is 25.2 Å². The molecule has 6 nitrogen and oxygen atoms in total. The zero-order valence-electron chi connectivity index (χ0n) is 11.5. The fraction of sp³-hybridized carbons (Fsp3) is 0.538. The molecular formula is C13H20N2O4. The van der Waals surface area contributed by atoms with Gasteiger partial charge in [-0.15, -0.1) is 0 Å². The third-order valence-corrected chi connectivity index (χ3v) is 2.90. The zero-order chi connectivity index (χ0) is 14.4. The maximum atomic E-state index is 11.9. The second-order valence-electron chi connectivity index (χ2n) is 4.32. The molecular weight excluding hydrogens is 248 g/mol. The predicted molar refractivity (Wildman–Crippen MR) is 69.9 cm³/mol. The van der Waals surface area contributed by atoms with E-state index < -0.39 is 5.97 Å². The van der Waals surface area contributed by atoms with Crippen LogP contribution in [0.25, 0.3) is 0 Å². The highest BCUT2D eigenvalue weighted by molar-refractivity contribution is 5.86. The molecule has 0 spiro atoms. The first-order valence-corrected chi connectivity index (χ1v) is 6.25. The minimum Gasteiger partial charge on any atom is -0.475 e. The number of rotatable bonds is 7. The highest BCUT2D eigenvalue weighted by Gasteiger charge is 2.17. The van der Waals surface area contributed by atoms with Gasteiger partial charge in [-0.1, -0.05) is 0 Å². The van der Waals surface area contributed by atoms with Crippen molar-refractivity contribution in [1.29, 1.82) is 0 Å². The van der Waals surface area contributed by atoms with Crippen LogP contribution < -0.4 is 0 Å². The predicted octanol–water partition coefficient (Wildman–Crippen LogP) is 1.28. The van der Waals surface area contributed by atoms with Crippen LogP contribution in [-0.4, -0.2) is 53.5 Å². The van der Waals surface area contributed by atoms with E-state index in [1.807, 2.05) is 13.8 Å². The molecule has 1 heterocycles. The van der Waals surface area contributed by atoms with Gasteiger partial charge in [0, 0.05) is 25.2 Å². The van der Waals surface area contributed by atoms with Gasteiger partial charge in [-0.2, -0.15) is 0 Å². The molecule has 1 rings (SSSR count). The summed E-state index contributed by atoms with van der Waals surface area (Å²) >= 11 is 0. The van der Waals surface area contributed by atoms with Crippen LogP contribution in [0, 0.1) is 0 Å². The Labute approximate surface area is 112 Å². The van der Waals surface area contributed by atoms with Crippen molar-refractivity contribution in [3.05, 3.63) is 23.7 Å². The normalized spacial score (nSPS) is 10.7. The highest BCUT2D eigenvalue weighted by atomic mass is 16.4. The molecule has 0 radical (unpaired) electrons. The topological polar surface area (TPSA) is 74.0 Å². The number of likely N-dealkylation sites (N-methyl/N-ethyl adjacent to an activating group) is 2. The molecule has 1 amide bonds. The molecule has 1 aromatic rings. The van der Waals surface area contributed by atoms with Gasteiger partial charge in [0.05, 0.1) is 12.8 Å². The van der Waals surface area contributed by atoms with Crippen molar-refractivity contribution in [3.8, 4) is 0 Å². The van der Waals surface area contributed by atoms with Crippen LogP contribution in [0.15, 0.2) is 16.7 Å². The summed E-state index contributed by atoms with van der Waals surface area (Å²) in [7, 11) is 1.78. The standard InChI is InChI=1S/C13H20N2O4/c1-4-15(5-2)11(16)9-14(3)8-10-6-7-19-12(10)13(17)18/h6-7H,4-5,8-9H2,1-3H3,(H,17,18). The second-order valence-corrected chi connectivity index (χ2v) is 4.32. The molecule has 0 atom stereocenters. The molecule has 0 aromatic carbocycles. The SMILES string of the molecule is CCN(CC)C(=O)CN(C)Cc1ccoc1C(=O)O. The summed E-state index contributed by atoms with van der Waals surface area (Å²) in [6.45, 7) is 5.83. The average molecular weight is 268 g/mol. The van der Waals surface area contributed by atoms with Crippen molar-refractivity contribution in [2.45, 2.75) is 20.4 Å². The van der Waals surface area contributed by atoms with Crippen LogP contribution in [-0.2, 0) is 11.3 Å². The fourth-order valence-electron chi connectivity index (χ4n) is 1.90. The van der Waals surface area contributed by atoms with Crippen molar-refractivity contribution in [1.82, 2.24) is 9.80 Å². The molecule has 0 saturated carbocycles. The Balaban J connectivity index is 2.60. The maximum absolute atomic E-state index is 11.9. The lowest BCUT2D eigenvalue weighted by atomic mass is 10.2. The van der Waals surface area contributed by atoms with Crippen LogP contribution in [0.2, 0.25) is 0 Å². The third kappa shape index (κ3) is 4.10. The first kappa shape index (κ1) is 15.2. The molecule has 106 valence electrons. The number of carboxylic acid groups (broad SMARTS) is 1. The van der Waals surface area contributed by atoms with E-state index in [4.69, 9.17) is 9.52 Å². The van der Waals surface area contributed by atoms with E-state index in [-0.39, 0.29) is 18.2 Å². The number of hydrogen-bond donors (Lipinski definition) is 1. The molecule has 1 aromatic heterocycles. The molecule has 0 fully saturated rings. The monoisotopic (exact) mass is 268 g/mol. The number of amides is 1. The Bertz CT molecular complexity index is 438. The van der Waals surface area contributed by atoms with Gasteiger partial charge in [0.25, 0.3) is 0 Å². The van der Waals surface area contributed by atoms with Gasteiger partial charge in [0.15, 0.2) is 0 Å². The van der Waals surface area contributed by atoms with E-state index in [2.05, 4.69) is 0 Å². The van der Waals surface area contributed by atoms with Crippen molar-refractivity contribution in [2.24, 2.45) is 0 Å². The summed E-state index contributed by atoms with van der Waals surface area (Å²) in [5.41, 5.74) is 0.572. The smallest absolute Gasteiger partial charge is 0.372 e. The first-order chi connectivity index (χ1) is 8.99. The number of nitrogens with zero attached hydrogens (tertiary/aromatic N) is 2. The van der Waals surface area contributed by atoms with Gasteiger partial charge >= 0.3 is 5.97 Å². The molecule has 1 N–H and O–H groups in total. The Kier molecular flexibility index (Phi) is 5.57. The first-order valence-electron chi connectivity index (χ1n) is 6.25. The lowest BCUT2D eigenvalue weighted by Crippen LogP contribution is -2.38. The number of carboxylic acids is 1. The van der Waals surface area contributed by atoms with Crippen molar-refractivity contribution < 1.29 is 19.1 Å². The Morgan fingerprint density at radius 3 is 2.47 bits per heavy atom. The van der Waals surface area contributed by atoms with Gasteiger partial charge in [0.2, 0.25) is 11.7 Å². The molecule has 0 saturated heterocycles. The van der Waals surface area contributed by atoms with Crippen molar-refractivity contribution >= 4 is 11.9 Å². The van der Waals surface area contributed by atoms with Crippen LogP contribution in [0.5, 0.6) is 0 Å². The molecule has 0 aliphatic heterocycles. The number of carbonyl (C=O) groups is 2. The van der Waals surface area contributed by atoms with Crippen LogP contribution in [0.4, 0.5) is 0 Å². The number of hydrogen-bond acceptors (Lipinski definition) is 4. The Morgan fingerprint density at radius 1 is 1.32 bits per heavy atom. The van der Waals surface area contributed by atoms with Gasteiger partial charge in [-0.25, -0.2) is 4.79 Å². The number of carbonyl (C=O) groups excluding carboxylic acids is 1. The Morgan fingerprint density at radius 2 is 1.95 bits per heavy atom. The molecule has 0 aliphatic rings. The van der Waals surface area contributed by atoms with Gasteiger partial charge in [-0.05, 0) is 27.0 Å². The third-order valence-electron chi connectivity index (χ3n) is 2.90. The molecule has 0 unspecified atom stereocenters. The lowest BCUT2D eigenvalue weighted by Gasteiger charge is -2.22. The highest BCUT2D eigenvalue weighted by Crippen LogP contribution is 2.12. The summed E-state index contributed by atoms with van der Waals surface area (Å²) in [6, 6.07) is 1.61. The van der Waals surface area contributed by atoms with E-state index >= 15 is 0 Å². The fourth-order valence-corrected chi connectivity index (χ4v) is 1.90. The molecule has 0 aliphatic carbocycles. The summed E-state index contributed by atoms with van der Waals surface area (Å²) in [5.74, 6) is -1.13. The number of furan rings is 1. The maximum Gasteiger partial charge on any atom is 0.372 e. The van der Waals surface area contributed by atoms with E-state index in [1.54, 1.807) is 22.9 Å². The quantitative estimate of drug-likeness (QED) is 0.806. The zero-order valence-corrected chi connectivity index (χ0v) is 11.5. The van der Waals surface area contributed by atoms with Crippen LogP contribution >= 0.6 is 0 Å². The summed E-state index contributed by atoms with van der Waals surface area (Å²) < 4.78 is 4.90. The van der Waals surface area contributed by atoms with Crippen molar-refractivity contribution in [3.63, 3.8) is 0 Å². The summed E-state index contributed by atoms with van der Waals surface area (Å²) in [5, 5.41) is 8.93. The van der Waals surface area contributed by atoms with Gasteiger partial charge < -0.3 is 14.4 Å². The second kappa shape index (κ2) is 6.94. The van der Waals surface area contributed by atoms with Crippen LogP contribution in [0.1, 0.15) is 30.0 Å². The van der Waals surface area contributed by atoms with E-state index in [9.17, 15) is 9.59 Å². The molecule has 19 heavy (non-hydrogen) atoms. The van der Waals surface area contributed by atoms with Crippen LogP contribution in [0.3, 0.4) is 0 Å². The molecule has 0 bridgehead atoms. The minimum absolute atomic E-state index is 0.0351. The largest absolute Gasteiger partial charge is 0.475 e. The van der Waals surface area contributed by atoms with Gasteiger partial charge in [-0.3, -0.25) is 9.69 Å². The van der Waals surface area contributed by atoms with Gasteiger partial charge in [0.1, 0.15) is 0 Å². The minimum atomic E-state index is -1.09. The van der Waals surface area contributed by atoms with E-state index in [1.165, 1.54) is 6.26 Å². The van der Waals surface area contributed by atoms with E-state index in [0.717, 1.165) is 0 Å². The lowest BCUT2D eigenvalue weighted by molar-refractivity contribution is -0.131. The van der Waals surface area contributed by atoms with Crippen molar-refractivity contribution in [2.75, 3.05) is 26.7 Å². The molecule has 6 heteroatoms. The average Bonchev–Trinajstić information content (AvgIpc) is 2.78. The number of aromatic carboxylic acids is 1. The summed E-state index contributed by atoms with van der Waals surface area (Å²) in [4.78, 5) is 26.3. The Hall–Kier alpha value is -1.82.